The van der Waals surface area contributed by atoms with Crippen LogP contribution in [0, 0.1) is 0 Å². The number of ether oxygens (including phenoxy) is 1. The Kier molecular flexibility index (Phi) is 3.63. The minimum Gasteiger partial charge on any atom is -0.469 e. The second-order valence-electron chi connectivity index (χ2n) is 4.59. The molecule has 90 valence electrons. The average molecular weight is 225 g/mol. The van der Waals surface area contributed by atoms with Gasteiger partial charge in [-0.05, 0) is 19.1 Å². The molecule has 2 N–H and O–H groups in total. The van der Waals surface area contributed by atoms with Crippen molar-refractivity contribution in [1.29, 1.82) is 0 Å². The van der Waals surface area contributed by atoms with Crippen LogP contribution in [-0.4, -0.2) is 36.5 Å². The predicted molar refractivity (Wildman–Crippen MR) is 60.3 cm³/mol. The van der Waals surface area contributed by atoms with E-state index in [4.69, 9.17) is 9.15 Å². The van der Waals surface area contributed by atoms with Gasteiger partial charge in [0.1, 0.15) is 11.4 Å². The molecule has 1 aliphatic heterocycles. The maximum Gasteiger partial charge on any atom is 0.105 e. The van der Waals surface area contributed by atoms with Crippen LogP contribution in [0.4, 0.5) is 0 Å². The molecular weight excluding hydrogens is 206 g/mol. The fourth-order valence-electron chi connectivity index (χ4n) is 1.90. The van der Waals surface area contributed by atoms with Crippen LogP contribution in [0.15, 0.2) is 22.8 Å². The summed E-state index contributed by atoms with van der Waals surface area (Å²) in [6.07, 6.45) is 3.23. The summed E-state index contributed by atoms with van der Waals surface area (Å²) in [7, 11) is 0. The Morgan fingerprint density at radius 2 is 2.50 bits per heavy atom. The fraction of sp³-hybridized carbons (Fsp3) is 0.667. The molecule has 1 aromatic rings. The first-order valence-corrected chi connectivity index (χ1v) is 5.74. The Hall–Kier alpha value is -0.840. The zero-order valence-electron chi connectivity index (χ0n) is 9.61. The molecule has 16 heavy (non-hydrogen) atoms. The minimum atomic E-state index is -0.683. The molecule has 0 saturated carbocycles. The van der Waals surface area contributed by atoms with Gasteiger partial charge >= 0.3 is 0 Å². The van der Waals surface area contributed by atoms with Crippen molar-refractivity contribution in [3.05, 3.63) is 24.2 Å². The summed E-state index contributed by atoms with van der Waals surface area (Å²) >= 11 is 0. The van der Waals surface area contributed by atoms with Crippen molar-refractivity contribution < 1.29 is 14.3 Å². The summed E-state index contributed by atoms with van der Waals surface area (Å²) in [6, 6.07) is 4.14. The maximum atomic E-state index is 10.1. The lowest BCUT2D eigenvalue weighted by Gasteiger charge is -2.23. The summed E-state index contributed by atoms with van der Waals surface area (Å²) in [5, 5.41) is 13.4. The molecule has 0 aliphatic carbocycles. The third-order valence-corrected chi connectivity index (χ3v) is 2.95. The maximum absolute atomic E-state index is 10.1. The van der Waals surface area contributed by atoms with Crippen LogP contribution in [0.5, 0.6) is 0 Å². The van der Waals surface area contributed by atoms with Crippen molar-refractivity contribution in [3.8, 4) is 0 Å². The Bertz CT molecular complexity index is 304. The number of rotatable bonds is 5. The van der Waals surface area contributed by atoms with Gasteiger partial charge in [0.15, 0.2) is 0 Å². The molecule has 0 aromatic carbocycles. The molecule has 0 spiro atoms. The van der Waals surface area contributed by atoms with Gasteiger partial charge in [-0.15, -0.1) is 0 Å². The molecule has 0 radical (unpaired) electrons. The lowest BCUT2D eigenvalue weighted by Crippen LogP contribution is -2.44. The van der Waals surface area contributed by atoms with Crippen LogP contribution >= 0.6 is 0 Å². The highest BCUT2D eigenvalue weighted by Gasteiger charge is 2.32. The molecule has 2 atom stereocenters. The molecule has 4 nitrogen and oxygen atoms in total. The van der Waals surface area contributed by atoms with E-state index in [9.17, 15) is 5.11 Å². The van der Waals surface area contributed by atoms with Crippen LogP contribution < -0.4 is 5.32 Å². The monoisotopic (exact) mass is 225 g/mol. The molecule has 4 heteroatoms. The number of nitrogens with one attached hydrogen (secondary N) is 1. The first-order chi connectivity index (χ1) is 7.68. The van der Waals surface area contributed by atoms with Gasteiger partial charge < -0.3 is 19.6 Å². The summed E-state index contributed by atoms with van der Waals surface area (Å²) in [6.45, 7) is 3.76. The standard InChI is InChI=1S/C12H19NO3/c1-10(7-11-3-2-5-16-11)13-8-12(14)4-6-15-9-12/h2-3,5,10,13-14H,4,6-9H2,1H3. The van der Waals surface area contributed by atoms with Gasteiger partial charge in [0.25, 0.3) is 0 Å². The van der Waals surface area contributed by atoms with Crippen LogP contribution in [-0.2, 0) is 11.2 Å². The third kappa shape index (κ3) is 3.07. The highest BCUT2D eigenvalue weighted by Crippen LogP contribution is 2.17. The largest absolute Gasteiger partial charge is 0.469 e. The molecule has 1 saturated heterocycles. The summed E-state index contributed by atoms with van der Waals surface area (Å²) in [5.74, 6) is 0.967. The lowest BCUT2D eigenvalue weighted by atomic mass is 10.0. The zero-order valence-corrected chi connectivity index (χ0v) is 9.61. The van der Waals surface area contributed by atoms with Crippen molar-refractivity contribution in [2.24, 2.45) is 0 Å². The Balaban J connectivity index is 1.73. The zero-order chi connectivity index (χ0) is 11.4. The normalized spacial score (nSPS) is 27.1. The predicted octanol–water partition coefficient (Wildman–Crippen LogP) is 0.952. The topological polar surface area (TPSA) is 54.6 Å². The van der Waals surface area contributed by atoms with Crippen LogP contribution in [0.1, 0.15) is 19.1 Å². The van der Waals surface area contributed by atoms with Gasteiger partial charge in [0.05, 0.1) is 12.9 Å². The van der Waals surface area contributed by atoms with E-state index >= 15 is 0 Å². The van der Waals surface area contributed by atoms with Crippen molar-refractivity contribution in [2.45, 2.75) is 31.4 Å². The van der Waals surface area contributed by atoms with Crippen molar-refractivity contribution in [3.63, 3.8) is 0 Å². The Morgan fingerprint density at radius 1 is 1.62 bits per heavy atom. The van der Waals surface area contributed by atoms with Crippen LogP contribution in [0.3, 0.4) is 0 Å². The van der Waals surface area contributed by atoms with Gasteiger partial charge in [-0.3, -0.25) is 0 Å². The van der Waals surface area contributed by atoms with E-state index in [2.05, 4.69) is 12.2 Å². The number of hydrogen-bond acceptors (Lipinski definition) is 4. The van der Waals surface area contributed by atoms with E-state index in [-0.39, 0.29) is 6.04 Å². The number of aliphatic hydroxyl groups is 1. The SMILES string of the molecule is CC(Cc1ccco1)NCC1(O)CCOC1. The fourth-order valence-corrected chi connectivity index (χ4v) is 1.90. The third-order valence-electron chi connectivity index (χ3n) is 2.95. The summed E-state index contributed by atoms with van der Waals surface area (Å²) in [4.78, 5) is 0. The summed E-state index contributed by atoms with van der Waals surface area (Å²) < 4.78 is 10.5. The average Bonchev–Trinajstić information content (AvgIpc) is 2.88. The first-order valence-electron chi connectivity index (χ1n) is 5.74. The van der Waals surface area contributed by atoms with E-state index < -0.39 is 5.60 Å². The molecule has 0 bridgehead atoms. The molecule has 1 aliphatic rings. The van der Waals surface area contributed by atoms with E-state index in [0.717, 1.165) is 12.2 Å². The molecule has 0 amide bonds. The van der Waals surface area contributed by atoms with Gasteiger partial charge in [-0.2, -0.15) is 0 Å². The van der Waals surface area contributed by atoms with E-state index in [1.54, 1.807) is 6.26 Å². The molecule has 2 unspecified atom stereocenters. The van der Waals surface area contributed by atoms with E-state index in [1.165, 1.54) is 0 Å². The molecule has 2 heterocycles. The number of furan rings is 1. The molecule has 1 fully saturated rings. The Morgan fingerprint density at radius 3 is 3.12 bits per heavy atom. The van der Waals surface area contributed by atoms with Gasteiger partial charge in [0, 0.05) is 32.0 Å². The van der Waals surface area contributed by atoms with E-state index in [0.29, 0.717) is 26.2 Å². The van der Waals surface area contributed by atoms with Gasteiger partial charge in [0.2, 0.25) is 0 Å². The van der Waals surface area contributed by atoms with Gasteiger partial charge in [-0.1, -0.05) is 0 Å². The quantitative estimate of drug-likeness (QED) is 0.783. The summed E-state index contributed by atoms with van der Waals surface area (Å²) in [5.41, 5.74) is -0.683. The van der Waals surface area contributed by atoms with Gasteiger partial charge in [-0.25, -0.2) is 0 Å². The first kappa shape index (κ1) is 11.6. The number of hydrogen-bond donors (Lipinski definition) is 2. The highest BCUT2D eigenvalue weighted by molar-refractivity contribution is 5.00. The molecule has 1 aromatic heterocycles. The van der Waals surface area contributed by atoms with Crippen molar-refractivity contribution >= 4 is 0 Å². The second-order valence-corrected chi connectivity index (χ2v) is 4.59. The second kappa shape index (κ2) is 4.99. The lowest BCUT2D eigenvalue weighted by molar-refractivity contribution is 0.0251. The minimum absolute atomic E-state index is 0.288. The van der Waals surface area contributed by atoms with Crippen molar-refractivity contribution in [1.82, 2.24) is 5.32 Å². The van der Waals surface area contributed by atoms with Crippen LogP contribution in [0.2, 0.25) is 0 Å². The van der Waals surface area contributed by atoms with Crippen molar-refractivity contribution in [2.75, 3.05) is 19.8 Å². The van der Waals surface area contributed by atoms with Crippen LogP contribution in [0.25, 0.3) is 0 Å². The highest BCUT2D eigenvalue weighted by atomic mass is 16.5. The molecular formula is C12H19NO3. The molecule has 2 rings (SSSR count). The Labute approximate surface area is 95.6 Å². The van der Waals surface area contributed by atoms with E-state index in [1.807, 2.05) is 12.1 Å². The smallest absolute Gasteiger partial charge is 0.105 e.